The van der Waals surface area contributed by atoms with Crippen LogP contribution in [-0.4, -0.2) is 31.0 Å². The number of rotatable bonds is 4. The number of pyridine rings is 1. The summed E-state index contributed by atoms with van der Waals surface area (Å²) < 4.78 is 0. The summed E-state index contributed by atoms with van der Waals surface area (Å²) in [5.41, 5.74) is 9.49. The number of aromatic nitrogens is 4. The minimum atomic E-state index is -0.978. The van der Waals surface area contributed by atoms with Crippen LogP contribution in [0.2, 0.25) is 0 Å². The van der Waals surface area contributed by atoms with E-state index in [0.29, 0.717) is 23.1 Å². The number of H-pyrrole nitrogens is 1. The van der Waals surface area contributed by atoms with Gasteiger partial charge in [0.25, 0.3) is 0 Å². The molecule has 3 aromatic heterocycles. The average molecular weight is 346 g/mol. The first-order valence-electron chi connectivity index (χ1n) is 7.77. The van der Waals surface area contributed by atoms with E-state index >= 15 is 0 Å². The standard InChI is InChI=1S/C18H14N6O2/c19-15-14-13(10-5-7-20-8-6-10)9-21-16(14)24-18(23-15)22-12-3-1-11(2-4-12)17(25)26/h1-9H,(H,25,26)(H4,19,21,22,23,24). The minimum absolute atomic E-state index is 0.206. The molecule has 0 fully saturated rings. The van der Waals surface area contributed by atoms with E-state index in [2.05, 4.69) is 25.3 Å². The van der Waals surface area contributed by atoms with Crippen molar-refractivity contribution >= 4 is 34.5 Å². The number of fused-ring (bicyclic) bond motifs is 1. The van der Waals surface area contributed by atoms with Crippen molar-refractivity contribution in [2.75, 3.05) is 11.1 Å². The highest BCUT2D eigenvalue weighted by molar-refractivity contribution is 6.00. The average Bonchev–Trinajstić information content (AvgIpc) is 3.07. The van der Waals surface area contributed by atoms with Gasteiger partial charge in [0.15, 0.2) is 0 Å². The number of nitrogens with zero attached hydrogens (tertiary/aromatic N) is 3. The summed E-state index contributed by atoms with van der Waals surface area (Å²) in [4.78, 5) is 26.8. The SMILES string of the molecule is Nc1nc(Nc2ccc(C(=O)O)cc2)nc2[nH]cc(-c3ccncc3)c12. The number of hydrogen-bond donors (Lipinski definition) is 4. The van der Waals surface area contributed by atoms with Crippen LogP contribution in [0.4, 0.5) is 17.5 Å². The van der Waals surface area contributed by atoms with Gasteiger partial charge in [-0.1, -0.05) is 0 Å². The molecule has 128 valence electrons. The molecule has 0 aliphatic heterocycles. The van der Waals surface area contributed by atoms with E-state index in [0.717, 1.165) is 16.5 Å². The summed E-state index contributed by atoms with van der Waals surface area (Å²) in [6, 6.07) is 10.1. The quantitative estimate of drug-likeness (QED) is 0.447. The van der Waals surface area contributed by atoms with Crippen LogP contribution in [0.15, 0.2) is 55.0 Å². The van der Waals surface area contributed by atoms with Crippen molar-refractivity contribution in [2.24, 2.45) is 0 Å². The third kappa shape index (κ3) is 2.80. The maximum atomic E-state index is 10.9. The summed E-state index contributed by atoms with van der Waals surface area (Å²) in [6.07, 6.45) is 5.25. The number of carboxylic acid groups (broad SMARTS) is 1. The molecular formula is C18H14N6O2. The van der Waals surface area contributed by atoms with Gasteiger partial charge in [0.2, 0.25) is 5.95 Å². The maximum Gasteiger partial charge on any atom is 0.335 e. The van der Waals surface area contributed by atoms with E-state index in [4.69, 9.17) is 10.8 Å². The molecule has 4 aromatic rings. The van der Waals surface area contributed by atoms with Crippen molar-refractivity contribution in [3.63, 3.8) is 0 Å². The van der Waals surface area contributed by atoms with Gasteiger partial charge in [-0.05, 0) is 42.0 Å². The summed E-state index contributed by atoms with van der Waals surface area (Å²) in [5, 5.41) is 12.7. The van der Waals surface area contributed by atoms with Crippen LogP contribution in [0.1, 0.15) is 10.4 Å². The third-order valence-electron chi connectivity index (χ3n) is 3.94. The Hall–Kier alpha value is -3.94. The van der Waals surface area contributed by atoms with Crippen molar-refractivity contribution in [3.8, 4) is 11.1 Å². The second kappa shape index (κ2) is 6.17. The Morgan fingerprint density at radius 3 is 2.50 bits per heavy atom. The number of hydrogen-bond acceptors (Lipinski definition) is 6. The highest BCUT2D eigenvalue weighted by Crippen LogP contribution is 2.31. The van der Waals surface area contributed by atoms with Gasteiger partial charge in [0.1, 0.15) is 11.5 Å². The van der Waals surface area contributed by atoms with Gasteiger partial charge in [0, 0.05) is 29.8 Å². The molecule has 3 heterocycles. The van der Waals surface area contributed by atoms with Crippen molar-refractivity contribution in [2.45, 2.75) is 0 Å². The topological polar surface area (TPSA) is 130 Å². The van der Waals surface area contributed by atoms with E-state index in [9.17, 15) is 4.79 Å². The molecule has 0 radical (unpaired) electrons. The Balaban J connectivity index is 1.69. The zero-order valence-electron chi connectivity index (χ0n) is 13.5. The lowest BCUT2D eigenvalue weighted by atomic mass is 10.1. The molecule has 0 aliphatic rings. The molecule has 8 nitrogen and oxygen atoms in total. The van der Waals surface area contributed by atoms with Crippen molar-refractivity contribution in [1.29, 1.82) is 0 Å². The molecule has 4 rings (SSSR count). The number of nitrogens with one attached hydrogen (secondary N) is 2. The molecule has 0 aliphatic carbocycles. The Morgan fingerprint density at radius 1 is 1.08 bits per heavy atom. The third-order valence-corrected chi connectivity index (χ3v) is 3.94. The summed E-state index contributed by atoms with van der Waals surface area (Å²) in [7, 11) is 0. The number of aromatic amines is 1. The molecule has 0 spiro atoms. The molecular weight excluding hydrogens is 332 g/mol. The normalized spacial score (nSPS) is 10.8. The molecule has 1 aromatic carbocycles. The zero-order valence-corrected chi connectivity index (χ0v) is 13.5. The highest BCUT2D eigenvalue weighted by atomic mass is 16.4. The second-order valence-electron chi connectivity index (χ2n) is 5.60. The first-order chi connectivity index (χ1) is 12.6. The van der Waals surface area contributed by atoms with Gasteiger partial charge in [-0.25, -0.2) is 4.79 Å². The Bertz CT molecular complexity index is 1090. The number of carboxylic acids is 1. The molecule has 0 bridgehead atoms. The van der Waals surface area contributed by atoms with E-state index in [-0.39, 0.29) is 5.56 Å². The highest BCUT2D eigenvalue weighted by Gasteiger charge is 2.13. The molecule has 26 heavy (non-hydrogen) atoms. The van der Waals surface area contributed by atoms with Gasteiger partial charge < -0.3 is 21.1 Å². The van der Waals surface area contributed by atoms with Crippen LogP contribution in [0, 0.1) is 0 Å². The Kier molecular flexibility index (Phi) is 3.70. The monoisotopic (exact) mass is 346 g/mol. The number of aromatic carboxylic acids is 1. The molecule has 0 saturated carbocycles. The van der Waals surface area contributed by atoms with E-state index < -0.39 is 5.97 Å². The van der Waals surface area contributed by atoms with Crippen LogP contribution in [0.5, 0.6) is 0 Å². The fourth-order valence-corrected chi connectivity index (χ4v) is 2.70. The van der Waals surface area contributed by atoms with Gasteiger partial charge in [-0.2, -0.15) is 9.97 Å². The summed E-state index contributed by atoms with van der Waals surface area (Å²) >= 11 is 0. The van der Waals surface area contributed by atoms with Gasteiger partial charge >= 0.3 is 5.97 Å². The Morgan fingerprint density at radius 2 is 1.81 bits per heavy atom. The predicted octanol–water partition coefficient (Wildman–Crippen LogP) is 3.04. The molecule has 0 atom stereocenters. The number of benzene rings is 1. The maximum absolute atomic E-state index is 10.9. The zero-order chi connectivity index (χ0) is 18.1. The van der Waals surface area contributed by atoms with Gasteiger partial charge in [0.05, 0.1) is 10.9 Å². The van der Waals surface area contributed by atoms with Crippen LogP contribution in [-0.2, 0) is 0 Å². The number of nitrogens with two attached hydrogens (primary N) is 1. The molecule has 0 amide bonds. The van der Waals surface area contributed by atoms with Crippen LogP contribution >= 0.6 is 0 Å². The smallest absolute Gasteiger partial charge is 0.335 e. The molecule has 0 unspecified atom stereocenters. The molecule has 5 N–H and O–H groups in total. The molecule has 0 saturated heterocycles. The van der Waals surface area contributed by atoms with E-state index in [1.165, 1.54) is 12.1 Å². The minimum Gasteiger partial charge on any atom is -0.478 e. The predicted molar refractivity (Wildman–Crippen MR) is 98.2 cm³/mol. The lowest BCUT2D eigenvalue weighted by Crippen LogP contribution is -2.02. The lowest BCUT2D eigenvalue weighted by Gasteiger charge is -2.07. The number of nitrogen functional groups attached to an aromatic ring is 1. The molecule has 8 heteroatoms. The summed E-state index contributed by atoms with van der Waals surface area (Å²) in [5.74, 6) is -0.317. The van der Waals surface area contributed by atoms with Gasteiger partial charge in [-0.15, -0.1) is 0 Å². The van der Waals surface area contributed by atoms with Crippen molar-refractivity contribution in [3.05, 3.63) is 60.6 Å². The number of carbonyl (C=O) groups is 1. The van der Waals surface area contributed by atoms with Crippen molar-refractivity contribution < 1.29 is 9.90 Å². The fourth-order valence-electron chi connectivity index (χ4n) is 2.70. The second-order valence-corrected chi connectivity index (χ2v) is 5.60. The largest absolute Gasteiger partial charge is 0.478 e. The van der Waals surface area contributed by atoms with E-state index in [1.807, 2.05) is 18.3 Å². The van der Waals surface area contributed by atoms with Crippen LogP contribution in [0.25, 0.3) is 22.2 Å². The fraction of sp³-hybridized carbons (Fsp3) is 0. The van der Waals surface area contributed by atoms with Gasteiger partial charge in [-0.3, -0.25) is 4.98 Å². The summed E-state index contributed by atoms with van der Waals surface area (Å²) in [6.45, 7) is 0. The van der Waals surface area contributed by atoms with Crippen LogP contribution in [0.3, 0.4) is 0 Å². The van der Waals surface area contributed by atoms with Crippen LogP contribution < -0.4 is 11.1 Å². The lowest BCUT2D eigenvalue weighted by molar-refractivity contribution is 0.0697. The van der Waals surface area contributed by atoms with Crippen molar-refractivity contribution in [1.82, 2.24) is 19.9 Å². The number of anilines is 3. The first kappa shape index (κ1) is 15.6. The first-order valence-corrected chi connectivity index (χ1v) is 7.77. The Labute approximate surface area is 147 Å². The van der Waals surface area contributed by atoms with E-state index in [1.54, 1.807) is 24.5 Å².